The molecule has 0 heterocycles. The normalized spacial score (nSPS) is 11.1. The van der Waals surface area contributed by atoms with Gasteiger partial charge in [-0.05, 0) is 57.2 Å². The van der Waals surface area contributed by atoms with Gasteiger partial charge >= 0.3 is 0 Å². The van der Waals surface area contributed by atoms with E-state index in [0.717, 1.165) is 5.56 Å². The van der Waals surface area contributed by atoms with Crippen LogP contribution in [0.25, 0.3) is 0 Å². The smallest absolute Gasteiger partial charge is 0.257 e. The molecule has 2 aromatic carbocycles. The quantitative estimate of drug-likeness (QED) is 0.795. The van der Waals surface area contributed by atoms with Crippen LogP contribution in [0, 0.1) is 0 Å². The Bertz CT molecular complexity index is 751. The Hall–Kier alpha value is -2.01. The lowest BCUT2D eigenvalue weighted by molar-refractivity contribution is 0.102. The molecular weight excluding hydrogens is 370 g/mol. The SMILES string of the molecule is COc1ccc(Br)c(C(=O)Nc2cc(C(C)(C)C)ccc2OC)c1. The molecule has 2 rings (SSSR count). The molecule has 128 valence electrons. The van der Waals surface area contributed by atoms with Gasteiger partial charge in [0.1, 0.15) is 11.5 Å². The molecule has 0 aromatic heterocycles. The van der Waals surface area contributed by atoms with Crippen LogP contribution in [0.1, 0.15) is 36.7 Å². The molecule has 0 unspecified atom stereocenters. The van der Waals surface area contributed by atoms with E-state index in [1.807, 2.05) is 18.2 Å². The monoisotopic (exact) mass is 391 g/mol. The van der Waals surface area contributed by atoms with E-state index in [0.29, 0.717) is 27.2 Å². The topological polar surface area (TPSA) is 47.6 Å². The summed E-state index contributed by atoms with van der Waals surface area (Å²) in [5.41, 5.74) is 2.23. The number of hydrogen-bond donors (Lipinski definition) is 1. The third-order valence-corrected chi connectivity index (χ3v) is 4.42. The summed E-state index contributed by atoms with van der Waals surface area (Å²) in [6, 6.07) is 11.1. The van der Waals surface area contributed by atoms with E-state index >= 15 is 0 Å². The summed E-state index contributed by atoms with van der Waals surface area (Å²) in [5, 5.41) is 2.93. The molecule has 2 aromatic rings. The molecule has 0 spiro atoms. The summed E-state index contributed by atoms with van der Waals surface area (Å²) in [7, 11) is 3.16. The van der Waals surface area contributed by atoms with Gasteiger partial charge in [-0.3, -0.25) is 4.79 Å². The highest BCUT2D eigenvalue weighted by Crippen LogP contribution is 2.32. The Labute approximate surface area is 151 Å². The van der Waals surface area contributed by atoms with Crippen LogP contribution in [0.2, 0.25) is 0 Å². The molecule has 0 radical (unpaired) electrons. The minimum atomic E-state index is -0.231. The summed E-state index contributed by atoms with van der Waals surface area (Å²) in [6.45, 7) is 6.37. The summed E-state index contributed by atoms with van der Waals surface area (Å²) in [6.07, 6.45) is 0. The number of hydrogen-bond acceptors (Lipinski definition) is 3. The van der Waals surface area contributed by atoms with Gasteiger partial charge in [-0.25, -0.2) is 0 Å². The highest BCUT2D eigenvalue weighted by molar-refractivity contribution is 9.10. The summed E-state index contributed by atoms with van der Waals surface area (Å²) >= 11 is 3.41. The lowest BCUT2D eigenvalue weighted by Gasteiger charge is -2.21. The van der Waals surface area contributed by atoms with E-state index in [2.05, 4.69) is 42.0 Å². The van der Waals surface area contributed by atoms with E-state index in [1.54, 1.807) is 32.4 Å². The number of carbonyl (C=O) groups excluding carboxylic acids is 1. The van der Waals surface area contributed by atoms with Crippen LogP contribution in [0.5, 0.6) is 11.5 Å². The fourth-order valence-electron chi connectivity index (χ4n) is 2.27. The predicted molar refractivity (Wildman–Crippen MR) is 100 cm³/mol. The molecule has 0 bridgehead atoms. The zero-order valence-corrected chi connectivity index (χ0v) is 16.2. The molecule has 0 aliphatic carbocycles. The first-order valence-corrected chi connectivity index (χ1v) is 8.39. The number of nitrogens with one attached hydrogen (secondary N) is 1. The molecule has 4 nitrogen and oxygen atoms in total. The van der Waals surface area contributed by atoms with E-state index in [9.17, 15) is 4.79 Å². The average Bonchev–Trinajstić information content (AvgIpc) is 2.54. The van der Waals surface area contributed by atoms with Crippen LogP contribution in [0.4, 0.5) is 5.69 Å². The maximum atomic E-state index is 12.7. The van der Waals surface area contributed by atoms with E-state index in [-0.39, 0.29) is 11.3 Å². The zero-order valence-electron chi connectivity index (χ0n) is 14.6. The number of carbonyl (C=O) groups is 1. The second-order valence-corrected chi connectivity index (χ2v) is 7.32. The van der Waals surface area contributed by atoms with Crippen molar-refractivity contribution in [2.75, 3.05) is 19.5 Å². The molecule has 0 aliphatic heterocycles. The lowest BCUT2D eigenvalue weighted by Crippen LogP contribution is -2.16. The molecule has 0 saturated heterocycles. The van der Waals surface area contributed by atoms with Gasteiger partial charge in [0.25, 0.3) is 5.91 Å². The van der Waals surface area contributed by atoms with Crippen LogP contribution >= 0.6 is 15.9 Å². The fourth-order valence-corrected chi connectivity index (χ4v) is 2.69. The molecule has 1 N–H and O–H groups in total. The van der Waals surface area contributed by atoms with E-state index in [4.69, 9.17) is 9.47 Å². The Kier molecular flexibility index (Phi) is 5.54. The van der Waals surface area contributed by atoms with Crippen molar-refractivity contribution < 1.29 is 14.3 Å². The number of amides is 1. The third-order valence-electron chi connectivity index (χ3n) is 3.73. The summed E-state index contributed by atoms with van der Waals surface area (Å²) in [5.74, 6) is 1.01. The highest BCUT2D eigenvalue weighted by atomic mass is 79.9. The Morgan fingerprint density at radius 3 is 2.33 bits per heavy atom. The largest absolute Gasteiger partial charge is 0.497 e. The minimum absolute atomic E-state index is 0.0255. The standard InChI is InChI=1S/C19H22BrNO3/c1-19(2,3)12-6-9-17(24-5)16(10-12)21-18(22)14-11-13(23-4)7-8-15(14)20/h6-11H,1-5H3,(H,21,22). The van der Waals surface area contributed by atoms with Crippen molar-refractivity contribution in [2.45, 2.75) is 26.2 Å². The van der Waals surface area contributed by atoms with Crippen LogP contribution < -0.4 is 14.8 Å². The minimum Gasteiger partial charge on any atom is -0.497 e. The van der Waals surface area contributed by atoms with Gasteiger partial charge in [0.2, 0.25) is 0 Å². The Morgan fingerprint density at radius 2 is 1.75 bits per heavy atom. The van der Waals surface area contributed by atoms with Crippen molar-refractivity contribution in [3.8, 4) is 11.5 Å². The first-order chi connectivity index (χ1) is 11.3. The molecule has 24 heavy (non-hydrogen) atoms. The van der Waals surface area contributed by atoms with E-state index in [1.165, 1.54) is 0 Å². The first kappa shape index (κ1) is 18.3. The van der Waals surface area contributed by atoms with Crippen molar-refractivity contribution >= 4 is 27.5 Å². The molecule has 0 fully saturated rings. The van der Waals surface area contributed by atoms with Gasteiger partial charge < -0.3 is 14.8 Å². The van der Waals surface area contributed by atoms with Crippen molar-refractivity contribution in [1.82, 2.24) is 0 Å². The second kappa shape index (κ2) is 7.26. The first-order valence-electron chi connectivity index (χ1n) is 7.59. The van der Waals surface area contributed by atoms with Gasteiger partial charge in [0, 0.05) is 4.47 Å². The van der Waals surface area contributed by atoms with Crippen LogP contribution in [-0.4, -0.2) is 20.1 Å². The average molecular weight is 392 g/mol. The number of methoxy groups -OCH3 is 2. The number of benzene rings is 2. The third kappa shape index (κ3) is 4.09. The van der Waals surface area contributed by atoms with Gasteiger partial charge in [-0.15, -0.1) is 0 Å². The molecular formula is C19H22BrNO3. The van der Waals surface area contributed by atoms with Crippen molar-refractivity contribution in [2.24, 2.45) is 0 Å². The summed E-state index contributed by atoms with van der Waals surface area (Å²) < 4.78 is 11.3. The Balaban J connectivity index is 2.38. The molecule has 0 atom stereocenters. The lowest BCUT2D eigenvalue weighted by atomic mass is 9.87. The number of rotatable bonds is 4. The number of halogens is 1. The van der Waals surface area contributed by atoms with Gasteiger partial charge in [-0.1, -0.05) is 26.8 Å². The molecule has 1 amide bonds. The maximum absolute atomic E-state index is 12.7. The van der Waals surface area contributed by atoms with Crippen molar-refractivity contribution in [3.63, 3.8) is 0 Å². The Morgan fingerprint density at radius 1 is 1.04 bits per heavy atom. The molecule has 0 aliphatic rings. The maximum Gasteiger partial charge on any atom is 0.257 e. The number of anilines is 1. The van der Waals surface area contributed by atoms with Crippen LogP contribution in [0.15, 0.2) is 40.9 Å². The summed E-state index contributed by atoms with van der Waals surface area (Å²) in [4.78, 5) is 12.7. The number of ether oxygens (including phenoxy) is 2. The predicted octanol–water partition coefficient (Wildman–Crippen LogP) is 5.02. The fraction of sp³-hybridized carbons (Fsp3) is 0.316. The van der Waals surface area contributed by atoms with Crippen molar-refractivity contribution in [1.29, 1.82) is 0 Å². The zero-order chi connectivity index (χ0) is 17.9. The van der Waals surface area contributed by atoms with Crippen LogP contribution in [0.3, 0.4) is 0 Å². The molecule has 0 saturated carbocycles. The van der Waals surface area contributed by atoms with Crippen LogP contribution in [-0.2, 0) is 5.41 Å². The van der Waals surface area contributed by atoms with Crippen molar-refractivity contribution in [3.05, 3.63) is 52.0 Å². The second-order valence-electron chi connectivity index (χ2n) is 6.46. The van der Waals surface area contributed by atoms with Gasteiger partial charge in [0.15, 0.2) is 0 Å². The van der Waals surface area contributed by atoms with Gasteiger partial charge in [0.05, 0.1) is 25.5 Å². The van der Waals surface area contributed by atoms with E-state index < -0.39 is 0 Å². The van der Waals surface area contributed by atoms with Gasteiger partial charge in [-0.2, -0.15) is 0 Å². The highest BCUT2D eigenvalue weighted by Gasteiger charge is 2.18. The molecule has 5 heteroatoms.